The number of rotatable bonds is 3. The van der Waals surface area contributed by atoms with E-state index < -0.39 is 0 Å². The van der Waals surface area contributed by atoms with Crippen molar-refractivity contribution in [2.24, 2.45) is 5.92 Å². The zero-order valence-corrected chi connectivity index (χ0v) is 7.34. The fourth-order valence-corrected chi connectivity index (χ4v) is 1.81. The summed E-state index contributed by atoms with van der Waals surface area (Å²) < 4.78 is 17.7. The van der Waals surface area contributed by atoms with E-state index in [-0.39, 0.29) is 6.67 Å². The van der Waals surface area contributed by atoms with Crippen molar-refractivity contribution in [2.75, 3.05) is 32.9 Å². The third-order valence-corrected chi connectivity index (χ3v) is 2.73. The molecule has 1 saturated heterocycles. The van der Waals surface area contributed by atoms with Crippen LogP contribution in [-0.2, 0) is 4.74 Å². The van der Waals surface area contributed by atoms with Crippen molar-refractivity contribution in [3.05, 3.63) is 0 Å². The second-order valence-corrected chi connectivity index (χ2v) is 3.74. The van der Waals surface area contributed by atoms with Gasteiger partial charge in [-0.05, 0) is 18.8 Å². The van der Waals surface area contributed by atoms with Gasteiger partial charge in [0.25, 0.3) is 0 Å². The van der Waals surface area contributed by atoms with Gasteiger partial charge in [-0.2, -0.15) is 0 Å². The lowest BCUT2D eigenvalue weighted by Crippen LogP contribution is -2.44. The van der Waals surface area contributed by atoms with Crippen LogP contribution in [0.5, 0.6) is 0 Å². The van der Waals surface area contributed by atoms with Gasteiger partial charge in [-0.1, -0.05) is 0 Å². The first-order chi connectivity index (χ1) is 5.90. The molecule has 1 atom stereocenters. The van der Waals surface area contributed by atoms with Gasteiger partial charge in [0.05, 0.1) is 12.7 Å². The highest BCUT2D eigenvalue weighted by Crippen LogP contribution is 2.35. The molecule has 3 heteroatoms. The molecule has 2 fully saturated rings. The quantitative estimate of drug-likeness (QED) is 0.633. The average molecular weight is 173 g/mol. The van der Waals surface area contributed by atoms with Crippen molar-refractivity contribution in [3.63, 3.8) is 0 Å². The minimum absolute atomic E-state index is 0.225. The Hall–Kier alpha value is -0.150. The van der Waals surface area contributed by atoms with Gasteiger partial charge >= 0.3 is 0 Å². The molecule has 2 aliphatic rings. The molecule has 0 amide bonds. The minimum atomic E-state index is -0.225. The average Bonchev–Trinajstić information content (AvgIpc) is 2.88. The summed E-state index contributed by atoms with van der Waals surface area (Å²) in [6.07, 6.45) is 3.03. The Bertz CT molecular complexity index is 147. The van der Waals surface area contributed by atoms with E-state index in [4.69, 9.17) is 4.74 Å². The molecular formula is C9H16FNO. The highest BCUT2D eigenvalue weighted by atomic mass is 19.1. The minimum Gasteiger partial charge on any atom is -0.375 e. The molecular weight excluding hydrogens is 157 g/mol. The van der Waals surface area contributed by atoms with E-state index in [2.05, 4.69) is 4.90 Å². The van der Waals surface area contributed by atoms with Crippen molar-refractivity contribution >= 4 is 0 Å². The Balaban J connectivity index is 1.77. The Labute approximate surface area is 72.7 Å². The van der Waals surface area contributed by atoms with Crippen LogP contribution in [0.3, 0.4) is 0 Å². The third kappa shape index (κ3) is 1.96. The van der Waals surface area contributed by atoms with E-state index in [0.29, 0.717) is 12.6 Å². The largest absolute Gasteiger partial charge is 0.375 e. The van der Waals surface area contributed by atoms with Crippen molar-refractivity contribution in [1.29, 1.82) is 0 Å². The normalized spacial score (nSPS) is 32.2. The number of halogens is 1. The first-order valence-electron chi connectivity index (χ1n) is 4.80. The molecule has 1 aliphatic heterocycles. The van der Waals surface area contributed by atoms with Crippen LogP contribution in [0.25, 0.3) is 0 Å². The Morgan fingerprint density at radius 1 is 1.42 bits per heavy atom. The SMILES string of the molecule is FCCN1CCOC(C2CC2)C1. The summed E-state index contributed by atoms with van der Waals surface area (Å²) in [6, 6.07) is 0. The van der Waals surface area contributed by atoms with Crippen LogP contribution in [0.2, 0.25) is 0 Å². The molecule has 2 rings (SSSR count). The molecule has 0 bridgehead atoms. The molecule has 1 saturated carbocycles. The van der Waals surface area contributed by atoms with Gasteiger partial charge in [-0.3, -0.25) is 4.90 Å². The highest BCUT2D eigenvalue weighted by molar-refractivity contribution is 4.86. The van der Waals surface area contributed by atoms with E-state index in [9.17, 15) is 4.39 Å². The van der Waals surface area contributed by atoms with Crippen molar-refractivity contribution < 1.29 is 9.13 Å². The van der Waals surface area contributed by atoms with Crippen molar-refractivity contribution in [1.82, 2.24) is 4.90 Å². The van der Waals surface area contributed by atoms with E-state index in [1.54, 1.807) is 0 Å². The van der Waals surface area contributed by atoms with E-state index >= 15 is 0 Å². The van der Waals surface area contributed by atoms with Crippen LogP contribution >= 0.6 is 0 Å². The van der Waals surface area contributed by atoms with Crippen LogP contribution in [0.15, 0.2) is 0 Å². The van der Waals surface area contributed by atoms with Crippen LogP contribution in [0.4, 0.5) is 4.39 Å². The maximum atomic E-state index is 12.0. The van der Waals surface area contributed by atoms with E-state index in [0.717, 1.165) is 25.6 Å². The number of hydrogen-bond donors (Lipinski definition) is 0. The summed E-state index contributed by atoms with van der Waals surface area (Å²) >= 11 is 0. The van der Waals surface area contributed by atoms with Gasteiger partial charge in [-0.25, -0.2) is 4.39 Å². The molecule has 1 unspecified atom stereocenters. The molecule has 0 aromatic rings. The Morgan fingerprint density at radius 3 is 2.92 bits per heavy atom. The van der Waals surface area contributed by atoms with Crippen LogP contribution in [0.1, 0.15) is 12.8 Å². The smallest absolute Gasteiger partial charge is 0.102 e. The fourth-order valence-electron chi connectivity index (χ4n) is 1.81. The molecule has 1 aliphatic carbocycles. The van der Waals surface area contributed by atoms with Gasteiger partial charge in [0.15, 0.2) is 0 Å². The van der Waals surface area contributed by atoms with Crippen molar-refractivity contribution in [3.8, 4) is 0 Å². The molecule has 0 spiro atoms. The summed E-state index contributed by atoms with van der Waals surface area (Å²) in [5.41, 5.74) is 0. The molecule has 2 nitrogen and oxygen atoms in total. The Kier molecular flexibility index (Phi) is 2.61. The summed E-state index contributed by atoms with van der Waals surface area (Å²) in [4.78, 5) is 2.17. The zero-order valence-electron chi connectivity index (χ0n) is 7.34. The molecule has 0 aromatic heterocycles. The lowest BCUT2D eigenvalue weighted by molar-refractivity contribution is -0.0402. The molecule has 1 heterocycles. The monoisotopic (exact) mass is 173 g/mol. The number of hydrogen-bond acceptors (Lipinski definition) is 2. The predicted molar refractivity (Wildman–Crippen MR) is 44.9 cm³/mol. The van der Waals surface area contributed by atoms with Gasteiger partial charge in [0.1, 0.15) is 6.67 Å². The first kappa shape index (κ1) is 8.45. The Morgan fingerprint density at radius 2 is 2.25 bits per heavy atom. The zero-order chi connectivity index (χ0) is 8.39. The topological polar surface area (TPSA) is 12.5 Å². The standard InChI is InChI=1S/C9H16FNO/c10-3-4-11-5-6-12-9(7-11)8-1-2-8/h8-9H,1-7H2. The van der Waals surface area contributed by atoms with Crippen LogP contribution in [0, 0.1) is 5.92 Å². The van der Waals surface area contributed by atoms with E-state index in [1.807, 2.05) is 0 Å². The van der Waals surface area contributed by atoms with Crippen LogP contribution in [-0.4, -0.2) is 43.9 Å². The first-order valence-corrected chi connectivity index (χ1v) is 4.80. The maximum Gasteiger partial charge on any atom is 0.102 e. The lowest BCUT2D eigenvalue weighted by Gasteiger charge is -2.32. The van der Waals surface area contributed by atoms with Crippen LogP contribution < -0.4 is 0 Å². The molecule has 0 N–H and O–H groups in total. The van der Waals surface area contributed by atoms with Gasteiger partial charge < -0.3 is 4.74 Å². The summed E-state index contributed by atoms with van der Waals surface area (Å²) in [6.45, 7) is 3.02. The summed E-state index contributed by atoms with van der Waals surface area (Å²) in [7, 11) is 0. The highest BCUT2D eigenvalue weighted by Gasteiger charge is 2.34. The summed E-state index contributed by atoms with van der Waals surface area (Å²) in [5, 5.41) is 0. The second kappa shape index (κ2) is 3.71. The van der Waals surface area contributed by atoms with Crippen molar-refractivity contribution in [2.45, 2.75) is 18.9 Å². The lowest BCUT2D eigenvalue weighted by atomic mass is 10.2. The number of ether oxygens (including phenoxy) is 1. The van der Waals surface area contributed by atoms with Gasteiger partial charge in [0, 0.05) is 19.6 Å². The fraction of sp³-hybridized carbons (Fsp3) is 1.00. The van der Waals surface area contributed by atoms with Gasteiger partial charge in [0.2, 0.25) is 0 Å². The maximum absolute atomic E-state index is 12.0. The number of nitrogens with zero attached hydrogens (tertiary/aromatic N) is 1. The molecule has 0 aromatic carbocycles. The predicted octanol–water partition coefficient (Wildman–Crippen LogP) is 1.07. The number of alkyl halides is 1. The third-order valence-electron chi connectivity index (χ3n) is 2.73. The molecule has 70 valence electrons. The molecule has 12 heavy (non-hydrogen) atoms. The molecule has 0 radical (unpaired) electrons. The van der Waals surface area contributed by atoms with Gasteiger partial charge in [-0.15, -0.1) is 0 Å². The summed E-state index contributed by atoms with van der Waals surface area (Å²) in [5.74, 6) is 0.785. The van der Waals surface area contributed by atoms with E-state index in [1.165, 1.54) is 12.8 Å². The second-order valence-electron chi connectivity index (χ2n) is 3.74. The number of morpholine rings is 1.